The summed E-state index contributed by atoms with van der Waals surface area (Å²) in [7, 11) is 1.89. The van der Waals surface area contributed by atoms with E-state index in [9.17, 15) is 15.0 Å². The van der Waals surface area contributed by atoms with E-state index in [0.29, 0.717) is 5.82 Å². The average Bonchev–Trinajstić information content (AvgIpc) is 2.46. The topological polar surface area (TPSA) is 73.7 Å². The van der Waals surface area contributed by atoms with Gasteiger partial charge in [0, 0.05) is 12.7 Å². The first-order valence-corrected chi connectivity index (χ1v) is 7.56. The zero-order valence-electron chi connectivity index (χ0n) is 12.9. The largest absolute Gasteiger partial charge is 0.478 e. The summed E-state index contributed by atoms with van der Waals surface area (Å²) in [4.78, 5) is 17.8. The maximum atomic E-state index is 11.3. The van der Waals surface area contributed by atoms with E-state index >= 15 is 0 Å². The number of carboxylic acids is 1. The van der Waals surface area contributed by atoms with Gasteiger partial charge in [-0.05, 0) is 30.9 Å². The van der Waals surface area contributed by atoms with Crippen molar-refractivity contribution in [3.8, 4) is 0 Å². The molecule has 1 saturated carbocycles. The SMILES string of the molecule is CC(C)c1cc(C(=O)O)cc(N(C)C2CCCCC2O)n1. The lowest BCUT2D eigenvalue weighted by atomic mass is 9.91. The highest BCUT2D eigenvalue weighted by Gasteiger charge is 2.28. The molecule has 2 atom stereocenters. The van der Waals surface area contributed by atoms with Crippen LogP contribution >= 0.6 is 0 Å². The van der Waals surface area contributed by atoms with Crippen LogP contribution in [0.15, 0.2) is 12.1 Å². The molecule has 116 valence electrons. The summed E-state index contributed by atoms with van der Waals surface area (Å²) < 4.78 is 0. The summed E-state index contributed by atoms with van der Waals surface area (Å²) >= 11 is 0. The molecule has 0 radical (unpaired) electrons. The Kier molecular flexibility index (Phi) is 4.83. The number of aromatic nitrogens is 1. The Morgan fingerprint density at radius 3 is 2.57 bits per heavy atom. The smallest absolute Gasteiger partial charge is 0.335 e. The van der Waals surface area contributed by atoms with Crippen LogP contribution in [0, 0.1) is 0 Å². The molecule has 5 heteroatoms. The minimum Gasteiger partial charge on any atom is -0.478 e. The van der Waals surface area contributed by atoms with Crippen LogP contribution in [0.4, 0.5) is 5.82 Å². The van der Waals surface area contributed by atoms with Gasteiger partial charge in [-0.1, -0.05) is 26.7 Å². The maximum absolute atomic E-state index is 11.3. The van der Waals surface area contributed by atoms with E-state index < -0.39 is 5.97 Å². The zero-order valence-corrected chi connectivity index (χ0v) is 12.9. The third-order valence-electron chi connectivity index (χ3n) is 4.22. The summed E-state index contributed by atoms with van der Waals surface area (Å²) in [6, 6.07) is 3.23. The fourth-order valence-electron chi connectivity index (χ4n) is 2.85. The fourth-order valence-corrected chi connectivity index (χ4v) is 2.85. The van der Waals surface area contributed by atoms with E-state index in [-0.39, 0.29) is 23.6 Å². The highest BCUT2D eigenvalue weighted by molar-refractivity contribution is 5.88. The molecule has 0 bridgehead atoms. The number of hydrogen-bond donors (Lipinski definition) is 2. The number of aliphatic hydroxyl groups excluding tert-OH is 1. The van der Waals surface area contributed by atoms with Gasteiger partial charge in [-0.25, -0.2) is 9.78 Å². The third kappa shape index (κ3) is 3.53. The molecule has 1 aromatic rings. The Morgan fingerprint density at radius 1 is 1.33 bits per heavy atom. The number of nitrogens with zero attached hydrogens (tertiary/aromatic N) is 2. The number of pyridine rings is 1. The molecule has 5 nitrogen and oxygen atoms in total. The second-order valence-corrected chi connectivity index (χ2v) is 6.13. The van der Waals surface area contributed by atoms with Gasteiger partial charge in [-0.2, -0.15) is 0 Å². The van der Waals surface area contributed by atoms with Crippen LogP contribution in [0.1, 0.15) is 61.5 Å². The van der Waals surface area contributed by atoms with Crippen LogP contribution in [-0.2, 0) is 0 Å². The van der Waals surface area contributed by atoms with Crippen LogP contribution in [0.5, 0.6) is 0 Å². The molecule has 1 aromatic heterocycles. The fraction of sp³-hybridized carbons (Fsp3) is 0.625. The third-order valence-corrected chi connectivity index (χ3v) is 4.22. The minimum atomic E-state index is -0.946. The minimum absolute atomic E-state index is 0.00954. The van der Waals surface area contributed by atoms with Crippen molar-refractivity contribution in [2.24, 2.45) is 0 Å². The number of rotatable bonds is 4. The summed E-state index contributed by atoms with van der Waals surface area (Å²) in [6.45, 7) is 3.99. The molecule has 0 saturated heterocycles. The summed E-state index contributed by atoms with van der Waals surface area (Å²) in [5.41, 5.74) is 1.02. The van der Waals surface area contributed by atoms with Gasteiger partial charge in [0.2, 0.25) is 0 Å². The number of carbonyl (C=O) groups is 1. The standard InChI is InChI=1S/C16H24N2O3/c1-10(2)12-8-11(16(20)21)9-15(17-12)18(3)13-6-4-5-7-14(13)19/h8-10,13-14,19H,4-7H2,1-3H3,(H,20,21). The van der Waals surface area contributed by atoms with Gasteiger partial charge in [0.25, 0.3) is 0 Å². The molecule has 1 heterocycles. The lowest BCUT2D eigenvalue weighted by molar-refractivity contribution is 0.0696. The molecule has 0 aromatic carbocycles. The second kappa shape index (κ2) is 6.43. The maximum Gasteiger partial charge on any atom is 0.335 e. The molecule has 1 aliphatic carbocycles. The van der Waals surface area contributed by atoms with Crippen LogP contribution in [-0.4, -0.2) is 40.4 Å². The van der Waals surface area contributed by atoms with E-state index in [1.54, 1.807) is 12.1 Å². The Bertz CT molecular complexity index is 516. The van der Waals surface area contributed by atoms with E-state index in [2.05, 4.69) is 4.98 Å². The average molecular weight is 292 g/mol. The van der Waals surface area contributed by atoms with Crippen molar-refractivity contribution < 1.29 is 15.0 Å². The van der Waals surface area contributed by atoms with Gasteiger partial charge in [-0.3, -0.25) is 0 Å². The number of hydrogen-bond acceptors (Lipinski definition) is 4. The van der Waals surface area contributed by atoms with Crippen molar-refractivity contribution in [3.63, 3.8) is 0 Å². The van der Waals surface area contributed by atoms with Gasteiger partial charge >= 0.3 is 5.97 Å². The van der Waals surface area contributed by atoms with Crippen molar-refractivity contribution in [2.75, 3.05) is 11.9 Å². The summed E-state index contributed by atoms with van der Waals surface area (Å²) in [5.74, 6) is -0.157. The first-order valence-electron chi connectivity index (χ1n) is 7.56. The van der Waals surface area contributed by atoms with Crippen LogP contribution in [0.3, 0.4) is 0 Å². The number of aliphatic hydroxyl groups is 1. The molecule has 1 aliphatic rings. The molecule has 0 amide bonds. The van der Waals surface area contributed by atoms with Crippen LogP contribution in [0.25, 0.3) is 0 Å². The van der Waals surface area contributed by atoms with E-state index in [4.69, 9.17) is 0 Å². The second-order valence-electron chi connectivity index (χ2n) is 6.13. The Hall–Kier alpha value is -1.62. The van der Waals surface area contributed by atoms with Crippen LogP contribution < -0.4 is 4.90 Å². The van der Waals surface area contributed by atoms with Crippen molar-refractivity contribution in [1.29, 1.82) is 0 Å². The quantitative estimate of drug-likeness (QED) is 0.892. The van der Waals surface area contributed by atoms with E-state index in [1.807, 2.05) is 25.8 Å². The van der Waals surface area contributed by atoms with Gasteiger partial charge in [-0.15, -0.1) is 0 Å². The molecule has 21 heavy (non-hydrogen) atoms. The highest BCUT2D eigenvalue weighted by atomic mass is 16.4. The molecule has 0 spiro atoms. The van der Waals surface area contributed by atoms with E-state index in [0.717, 1.165) is 31.4 Å². The molecule has 2 N–H and O–H groups in total. The monoisotopic (exact) mass is 292 g/mol. The zero-order chi connectivity index (χ0) is 15.6. The Balaban J connectivity index is 2.34. The van der Waals surface area contributed by atoms with Crippen molar-refractivity contribution in [3.05, 3.63) is 23.4 Å². The first-order chi connectivity index (χ1) is 9.90. The lowest BCUT2D eigenvalue weighted by Gasteiger charge is -2.36. The molecule has 2 rings (SSSR count). The van der Waals surface area contributed by atoms with E-state index in [1.165, 1.54) is 0 Å². The van der Waals surface area contributed by atoms with Gasteiger partial charge < -0.3 is 15.1 Å². The molecule has 2 unspecified atom stereocenters. The normalized spacial score (nSPS) is 22.3. The van der Waals surface area contributed by atoms with Crippen molar-refractivity contribution in [1.82, 2.24) is 4.98 Å². The Morgan fingerprint density at radius 2 is 2.00 bits per heavy atom. The molecule has 1 fully saturated rings. The number of carboxylic acid groups (broad SMARTS) is 1. The van der Waals surface area contributed by atoms with Gasteiger partial charge in [0.05, 0.1) is 17.7 Å². The van der Waals surface area contributed by atoms with Crippen molar-refractivity contribution in [2.45, 2.75) is 57.6 Å². The molecular formula is C16H24N2O3. The Labute approximate surface area is 125 Å². The number of likely N-dealkylation sites (N-methyl/N-ethyl adjacent to an activating group) is 1. The van der Waals surface area contributed by atoms with Crippen LogP contribution in [0.2, 0.25) is 0 Å². The molecular weight excluding hydrogens is 268 g/mol. The van der Waals surface area contributed by atoms with Gasteiger partial charge in [0.1, 0.15) is 5.82 Å². The van der Waals surface area contributed by atoms with Crippen molar-refractivity contribution >= 4 is 11.8 Å². The predicted molar refractivity (Wildman–Crippen MR) is 82.0 cm³/mol. The summed E-state index contributed by atoms with van der Waals surface area (Å²) in [6.07, 6.45) is 3.47. The predicted octanol–water partition coefficient (Wildman–Crippen LogP) is 2.64. The highest BCUT2D eigenvalue weighted by Crippen LogP contribution is 2.27. The first kappa shape index (κ1) is 15.8. The number of anilines is 1. The van der Waals surface area contributed by atoms with Gasteiger partial charge in [0.15, 0.2) is 0 Å². The number of aromatic carboxylic acids is 1. The lowest BCUT2D eigenvalue weighted by Crippen LogP contribution is -2.44. The molecule has 0 aliphatic heterocycles. The summed E-state index contributed by atoms with van der Waals surface area (Å²) in [5, 5.41) is 19.4.